The summed E-state index contributed by atoms with van der Waals surface area (Å²) in [6.07, 6.45) is 4.55. The number of hydrogen-bond donors (Lipinski definition) is 1. The molecule has 0 aliphatic rings. The number of carbonyl (C=O) groups is 1. The number of nitriles is 1. The number of hydrogen-bond acceptors (Lipinski definition) is 8. The second-order valence-electron chi connectivity index (χ2n) is 5.67. The van der Waals surface area contributed by atoms with Gasteiger partial charge in [-0.05, 0) is 31.2 Å². The smallest absolute Gasteiger partial charge is 0.277 e. The van der Waals surface area contributed by atoms with Crippen LogP contribution < -0.4 is 5.32 Å². The van der Waals surface area contributed by atoms with Crippen LogP contribution >= 0.6 is 11.3 Å². The van der Waals surface area contributed by atoms with Gasteiger partial charge in [-0.15, -0.1) is 5.10 Å². The Balaban J connectivity index is 1.64. The molecule has 0 fully saturated rings. The quantitative estimate of drug-likeness (QED) is 0.570. The molecule has 1 N–H and O–H groups in total. The van der Waals surface area contributed by atoms with E-state index >= 15 is 0 Å². The van der Waals surface area contributed by atoms with Crippen molar-refractivity contribution in [3.8, 4) is 23.1 Å². The molecule has 0 spiro atoms. The van der Waals surface area contributed by atoms with Crippen molar-refractivity contribution in [1.29, 1.82) is 5.26 Å². The Bertz CT molecular complexity index is 1190. The van der Waals surface area contributed by atoms with E-state index in [1.807, 2.05) is 19.1 Å². The van der Waals surface area contributed by atoms with Crippen LogP contribution in [-0.2, 0) is 0 Å². The second-order valence-corrected chi connectivity index (χ2v) is 6.67. The summed E-state index contributed by atoms with van der Waals surface area (Å²) >= 11 is 1.08. The van der Waals surface area contributed by atoms with E-state index in [1.54, 1.807) is 30.6 Å². The third-order valence-electron chi connectivity index (χ3n) is 3.75. The first kappa shape index (κ1) is 17.4. The van der Waals surface area contributed by atoms with Crippen LogP contribution in [0.15, 0.2) is 48.9 Å². The predicted octanol–water partition coefficient (Wildman–Crippen LogP) is 2.61. The lowest BCUT2D eigenvalue weighted by molar-refractivity contribution is 0.101. The molecule has 4 heterocycles. The van der Waals surface area contributed by atoms with Crippen LogP contribution in [0.4, 0.5) is 5.13 Å². The van der Waals surface area contributed by atoms with Crippen molar-refractivity contribution in [3.63, 3.8) is 0 Å². The van der Waals surface area contributed by atoms with Gasteiger partial charge in [-0.25, -0.2) is 9.67 Å². The van der Waals surface area contributed by atoms with E-state index in [2.05, 4.69) is 36.7 Å². The molecule has 4 aromatic heterocycles. The lowest BCUT2D eigenvalue weighted by Crippen LogP contribution is -2.17. The molecule has 10 heteroatoms. The number of aryl methyl sites for hydroxylation is 1. The van der Waals surface area contributed by atoms with Gasteiger partial charge in [0.15, 0.2) is 10.8 Å². The molecule has 0 radical (unpaired) electrons. The van der Waals surface area contributed by atoms with Crippen LogP contribution in [0.25, 0.3) is 17.1 Å². The summed E-state index contributed by atoms with van der Waals surface area (Å²) in [5.74, 6) is -0.448. The molecular formula is C18H12N8OS. The minimum Gasteiger partial charge on any atom is -0.296 e. The van der Waals surface area contributed by atoms with Crippen LogP contribution in [0.3, 0.4) is 0 Å². The number of rotatable bonds is 4. The van der Waals surface area contributed by atoms with Crippen LogP contribution in [0, 0.1) is 18.3 Å². The molecule has 1 amide bonds. The third kappa shape index (κ3) is 3.34. The molecule has 28 heavy (non-hydrogen) atoms. The summed E-state index contributed by atoms with van der Waals surface area (Å²) in [5.41, 5.74) is 2.65. The Hall–Kier alpha value is -3.97. The van der Waals surface area contributed by atoms with Crippen molar-refractivity contribution in [2.45, 2.75) is 6.92 Å². The standard InChI is InChI=1S/C18H12N8OS/c1-11-4-2-6-13(22-11)16-15(8-19)28-18(23-16)24-17(27)14-10-21-25-26(14)12-5-3-7-20-9-12/h2-7,9-10H,1H3,(H,23,24,27). The molecule has 9 nitrogen and oxygen atoms in total. The Labute approximate surface area is 163 Å². The number of aromatic nitrogens is 6. The molecule has 0 atom stereocenters. The molecular weight excluding hydrogens is 376 g/mol. The van der Waals surface area contributed by atoms with E-state index in [1.165, 1.54) is 10.9 Å². The average molecular weight is 388 g/mol. The fourth-order valence-electron chi connectivity index (χ4n) is 2.52. The Kier molecular flexibility index (Phi) is 4.57. The van der Waals surface area contributed by atoms with Crippen molar-refractivity contribution in [1.82, 2.24) is 29.9 Å². The predicted molar refractivity (Wildman–Crippen MR) is 102 cm³/mol. The van der Waals surface area contributed by atoms with Gasteiger partial charge in [-0.1, -0.05) is 22.6 Å². The first-order valence-corrected chi connectivity index (χ1v) is 8.95. The SMILES string of the molecule is Cc1cccc(-c2nc(NC(=O)c3cnnn3-c3cccnc3)sc2C#N)n1. The number of carbonyl (C=O) groups excluding carboxylic acids is 1. The maximum Gasteiger partial charge on any atom is 0.277 e. The number of amides is 1. The maximum absolute atomic E-state index is 12.7. The molecule has 0 unspecified atom stereocenters. The van der Waals surface area contributed by atoms with Gasteiger partial charge < -0.3 is 0 Å². The minimum atomic E-state index is -0.448. The van der Waals surface area contributed by atoms with Gasteiger partial charge in [0.25, 0.3) is 5.91 Å². The van der Waals surface area contributed by atoms with Crippen LogP contribution in [0.2, 0.25) is 0 Å². The molecule has 0 bridgehead atoms. The molecule has 0 aliphatic heterocycles. The molecule has 136 valence electrons. The van der Waals surface area contributed by atoms with E-state index in [4.69, 9.17) is 0 Å². The molecule has 0 aromatic carbocycles. The summed E-state index contributed by atoms with van der Waals surface area (Å²) in [6.45, 7) is 1.86. The molecule has 0 saturated carbocycles. The highest BCUT2D eigenvalue weighted by Crippen LogP contribution is 2.29. The number of thiazole rings is 1. The Morgan fingerprint density at radius 3 is 2.86 bits per heavy atom. The zero-order valence-corrected chi connectivity index (χ0v) is 15.4. The first-order chi connectivity index (χ1) is 13.7. The van der Waals surface area contributed by atoms with Gasteiger partial charge in [0.1, 0.15) is 16.6 Å². The number of nitrogens with one attached hydrogen (secondary N) is 1. The Morgan fingerprint density at radius 1 is 1.21 bits per heavy atom. The fourth-order valence-corrected chi connectivity index (χ4v) is 3.29. The summed E-state index contributed by atoms with van der Waals surface area (Å²) < 4.78 is 1.38. The van der Waals surface area contributed by atoms with E-state index in [0.29, 0.717) is 27.1 Å². The third-order valence-corrected chi connectivity index (χ3v) is 4.63. The normalized spacial score (nSPS) is 10.4. The lowest BCUT2D eigenvalue weighted by Gasteiger charge is -2.04. The van der Waals surface area contributed by atoms with Crippen molar-refractivity contribution in [2.75, 3.05) is 5.32 Å². The fraction of sp³-hybridized carbons (Fsp3) is 0.0556. The maximum atomic E-state index is 12.7. The van der Waals surface area contributed by atoms with Crippen molar-refractivity contribution < 1.29 is 4.79 Å². The van der Waals surface area contributed by atoms with Gasteiger partial charge in [-0.3, -0.25) is 20.1 Å². The average Bonchev–Trinajstić information content (AvgIpc) is 3.35. The number of anilines is 1. The van der Waals surface area contributed by atoms with Gasteiger partial charge in [0.05, 0.1) is 23.8 Å². The number of pyridine rings is 2. The first-order valence-electron chi connectivity index (χ1n) is 8.13. The van der Waals surface area contributed by atoms with Gasteiger partial charge in [0, 0.05) is 11.9 Å². The van der Waals surface area contributed by atoms with E-state index in [-0.39, 0.29) is 5.69 Å². The van der Waals surface area contributed by atoms with Crippen LogP contribution in [0.1, 0.15) is 21.1 Å². The molecule has 4 rings (SSSR count). The van der Waals surface area contributed by atoms with Crippen LogP contribution in [-0.4, -0.2) is 35.9 Å². The highest BCUT2D eigenvalue weighted by Gasteiger charge is 2.19. The number of nitrogens with zero attached hydrogens (tertiary/aromatic N) is 7. The summed E-state index contributed by atoms with van der Waals surface area (Å²) in [4.78, 5) is 25.9. The zero-order chi connectivity index (χ0) is 19.5. The van der Waals surface area contributed by atoms with Crippen molar-refractivity contribution in [3.05, 3.63) is 65.2 Å². The molecule has 0 saturated heterocycles. The van der Waals surface area contributed by atoms with E-state index in [0.717, 1.165) is 17.0 Å². The lowest BCUT2D eigenvalue weighted by atomic mass is 10.2. The minimum absolute atomic E-state index is 0.219. The monoisotopic (exact) mass is 388 g/mol. The zero-order valence-electron chi connectivity index (χ0n) is 14.6. The van der Waals surface area contributed by atoms with Crippen LogP contribution in [0.5, 0.6) is 0 Å². The van der Waals surface area contributed by atoms with Gasteiger partial charge in [-0.2, -0.15) is 5.26 Å². The van der Waals surface area contributed by atoms with Gasteiger partial charge in [0.2, 0.25) is 0 Å². The largest absolute Gasteiger partial charge is 0.296 e. The summed E-state index contributed by atoms with van der Waals surface area (Å²) in [7, 11) is 0. The summed E-state index contributed by atoms with van der Waals surface area (Å²) in [5, 5.41) is 20.1. The molecule has 0 aliphatic carbocycles. The molecule has 4 aromatic rings. The highest BCUT2D eigenvalue weighted by atomic mass is 32.1. The topological polar surface area (TPSA) is 122 Å². The van der Waals surface area contributed by atoms with E-state index < -0.39 is 5.91 Å². The van der Waals surface area contributed by atoms with E-state index in [9.17, 15) is 10.1 Å². The van der Waals surface area contributed by atoms with Crippen molar-refractivity contribution in [2.24, 2.45) is 0 Å². The van der Waals surface area contributed by atoms with Gasteiger partial charge >= 0.3 is 0 Å². The summed E-state index contributed by atoms with van der Waals surface area (Å²) in [6, 6.07) is 11.1. The van der Waals surface area contributed by atoms with Crippen molar-refractivity contribution >= 4 is 22.4 Å². The Morgan fingerprint density at radius 2 is 2.11 bits per heavy atom. The highest BCUT2D eigenvalue weighted by molar-refractivity contribution is 7.16. The second kappa shape index (κ2) is 7.34.